The van der Waals surface area contributed by atoms with E-state index >= 15 is 0 Å². The minimum Gasteiger partial charge on any atom is -0.378 e. The zero-order valence-electron chi connectivity index (χ0n) is 10.4. The van der Waals surface area contributed by atoms with E-state index in [0.717, 1.165) is 25.9 Å². The Balaban J connectivity index is 1.89. The largest absolute Gasteiger partial charge is 0.378 e. The van der Waals surface area contributed by atoms with E-state index in [9.17, 15) is 4.39 Å². The van der Waals surface area contributed by atoms with Crippen molar-refractivity contribution in [3.05, 3.63) is 34.6 Å². The molecule has 1 aliphatic heterocycles. The summed E-state index contributed by atoms with van der Waals surface area (Å²) >= 11 is 5.86. The zero-order valence-corrected chi connectivity index (χ0v) is 11.1. The number of benzene rings is 1. The third kappa shape index (κ3) is 3.94. The number of ether oxygens (including phenoxy) is 1. The molecule has 1 aromatic carbocycles. The number of halogens is 2. The Morgan fingerprint density at radius 2 is 2.28 bits per heavy atom. The first-order chi connectivity index (χ1) is 8.65. The number of hydrogen-bond acceptors (Lipinski definition) is 2. The highest BCUT2D eigenvalue weighted by Crippen LogP contribution is 2.20. The molecule has 1 fully saturated rings. The van der Waals surface area contributed by atoms with Gasteiger partial charge in [0.15, 0.2) is 0 Å². The maximum atomic E-state index is 13.6. The summed E-state index contributed by atoms with van der Waals surface area (Å²) in [5.74, 6) is -0.237. The predicted octanol–water partition coefficient (Wildman–Crippen LogP) is 3.31. The Labute approximate surface area is 112 Å². The van der Waals surface area contributed by atoms with Crippen LogP contribution in [0.1, 0.15) is 31.2 Å². The smallest absolute Gasteiger partial charge is 0.126 e. The summed E-state index contributed by atoms with van der Waals surface area (Å²) in [6, 6.07) is 4.51. The third-order valence-electron chi connectivity index (χ3n) is 3.33. The molecular formula is C14H19ClFNO. The van der Waals surface area contributed by atoms with Crippen LogP contribution in [0.15, 0.2) is 18.2 Å². The quantitative estimate of drug-likeness (QED) is 0.912. The van der Waals surface area contributed by atoms with Crippen LogP contribution in [0.5, 0.6) is 0 Å². The van der Waals surface area contributed by atoms with Gasteiger partial charge >= 0.3 is 0 Å². The number of hydrogen-bond donors (Lipinski definition) is 1. The Bertz CT molecular complexity index is 393. The van der Waals surface area contributed by atoms with Gasteiger partial charge in [-0.3, -0.25) is 0 Å². The molecule has 0 amide bonds. The van der Waals surface area contributed by atoms with Crippen LogP contribution >= 0.6 is 11.6 Å². The van der Waals surface area contributed by atoms with E-state index in [1.807, 2.05) is 0 Å². The van der Waals surface area contributed by atoms with Crippen molar-refractivity contribution < 1.29 is 9.13 Å². The molecule has 2 N–H and O–H groups in total. The molecule has 2 nitrogen and oxygen atoms in total. The molecule has 4 heteroatoms. The molecule has 0 radical (unpaired) electrons. The molecule has 2 atom stereocenters. The van der Waals surface area contributed by atoms with Gasteiger partial charge in [-0.05, 0) is 55.9 Å². The van der Waals surface area contributed by atoms with E-state index in [1.54, 1.807) is 12.1 Å². The van der Waals surface area contributed by atoms with Crippen molar-refractivity contribution >= 4 is 11.6 Å². The average molecular weight is 272 g/mol. The molecule has 0 aromatic heterocycles. The van der Waals surface area contributed by atoms with Crippen molar-refractivity contribution in [1.29, 1.82) is 0 Å². The highest BCUT2D eigenvalue weighted by Gasteiger charge is 2.18. The van der Waals surface area contributed by atoms with Gasteiger partial charge < -0.3 is 10.5 Å². The van der Waals surface area contributed by atoms with Crippen molar-refractivity contribution in [1.82, 2.24) is 0 Å². The van der Waals surface area contributed by atoms with E-state index in [0.29, 0.717) is 17.0 Å². The third-order valence-corrected chi connectivity index (χ3v) is 3.56. The van der Waals surface area contributed by atoms with Crippen LogP contribution in [0.25, 0.3) is 0 Å². The van der Waals surface area contributed by atoms with Gasteiger partial charge in [0, 0.05) is 17.7 Å². The topological polar surface area (TPSA) is 35.2 Å². The molecule has 0 aliphatic carbocycles. The maximum Gasteiger partial charge on any atom is 0.126 e. The summed E-state index contributed by atoms with van der Waals surface area (Å²) < 4.78 is 19.2. The fraction of sp³-hybridized carbons (Fsp3) is 0.571. The van der Waals surface area contributed by atoms with Crippen molar-refractivity contribution in [2.24, 2.45) is 5.73 Å². The van der Waals surface area contributed by atoms with Gasteiger partial charge in [-0.2, -0.15) is 0 Å². The molecule has 1 saturated heterocycles. The molecule has 2 rings (SSSR count). The van der Waals surface area contributed by atoms with Gasteiger partial charge in [0.25, 0.3) is 0 Å². The summed E-state index contributed by atoms with van der Waals surface area (Å²) in [4.78, 5) is 0. The molecule has 0 bridgehead atoms. The fourth-order valence-corrected chi connectivity index (χ4v) is 2.59. The monoisotopic (exact) mass is 271 g/mol. The standard InChI is InChI=1S/C14H19ClFNO/c15-11-4-5-14(16)10(7-11)8-12(17)9-13-3-1-2-6-18-13/h4-5,7,12-13H,1-3,6,8-9,17H2. The highest BCUT2D eigenvalue weighted by molar-refractivity contribution is 6.30. The van der Waals surface area contributed by atoms with Crippen molar-refractivity contribution in [3.63, 3.8) is 0 Å². The van der Waals surface area contributed by atoms with Crippen LogP contribution in [0.3, 0.4) is 0 Å². The minimum atomic E-state index is -0.237. The molecule has 18 heavy (non-hydrogen) atoms. The first kappa shape index (κ1) is 13.8. The molecule has 2 unspecified atom stereocenters. The van der Waals surface area contributed by atoms with E-state index in [-0.39, 0.29) is 18.0 Å². The fourth-order valence-electron chi connectivity index (χ4n) is 2.40. The second-order valence-corrected chi connectivity index (χ2v) is 5.36. The summed E-state index contributed by atoms with van der Waals surface area (Å²) in [5.41, 5.74) is 6.65. The van der Waals surface area contributed by atoms with Gasteiger partial charge in [0.1, 0.15) is 5.82 Å². The number of nitrogens with two attached hydrogens (primary N) is 1. The summed E-state index contributed by atoms with van der Waals surface area (Å²) in [5, 5.41) is 0.549. The second kappa shape index (κ2) is 6.50. The van der Waals surface area contributed by atoms with Crippen LogP contribution in [0.4, 0.5) is 4.39 Å². The lowest BCUT2D eigenvalue weighted by Gasteiger charge is -2.25. The van der Waals surface area contributed by atoms with Gasteiger partial charge in [0.05, 0.1) is 6.10 Å². The van der Waals surface area contributed by atoms with Crippen molar-refractivity contribution in [3.8, 4) is 0 Å². The van der Waals surface area contributed by atoms with Gasteiger partial charge in [-0.1, -0.05) is 11.6 Å². The Morgan fingerprint density at radius 1 is 1.44 bits per heavy atom. The first-order valence-electron chi connectivity index (χ1n) is 6.46. The van der Waals surface area contributed by atoms with Gasteiger partial charge in [-0.15, -0.1) is 0 Å². The van der Waals surface area contributed by atoms with E-state index in [4.69, 9.17) is 22.1 Å². The molecule has 100 valence electrons. The lowest BCUT2D eigenvalue weighted by atomic mass is 9.97. The zero-order chi connectivity index (χ0) is 13.0. The van der Waals surface area contributed by atoms with Crippen LogP contribution < -0.4 is 5.73 Å². The first-order valence-corrected chi connectivity index (χ1v) is 6.84. The molecule has 1 aromatic rings. The Kier molecular flexibility index (Phi) is 4.98. The molecule has 1 heterocycles. The van der Waals surface area contributed by atoms with Crippen LogP contribution in [0.2, 0.25) is 5.02 Å². The molecular weight excluding hydrogens is 253 g/mol. The SMILES string of the molecule is NC(Cc1cc(Cl)ccc1F)CC1CCCCO1. The van der Waals surface area contributed by atoms with E-state index in [1.165, 1.54) is 12.5 Å². The highest BCUT2D eigenvalue weighted by atomic mass is 35.5. The summed E-state index contributed by atoms with van der Waals surface area (Å²) in [6.45, 7) is 0.822. The number of rotatable bonds is 4. The maximum absolute atomic E-state index is 13.6. The van der Waals surface area contributed by atoms with Crippen LogP contribution in [-0.2, 0) is 11.2 Å². The van der Waals surface area contributed by atoms with Crippen LogP contribution in [0, 0.1) is 5.82 Å². The molecule has 1 aliphatic rings. The van der Waals surface area contributed by atoms with E-state index in [2.05, 4.69) is 0 Å². The minimum absolute atomic E-state index is 0.0823. The lowest BCUT2D eigenvalue weighted by molar-refractivity contribution is 0.00743. The van der Waals surface area contributed by atoms with Crippen LogP contribution in [-0.4, -0.2) is 18.8 Å². The normalized spacial score (nSPS) is 21.8. The summed E-state index contributed by atoms with van der Waals surface area (Å²) in [7, 11) is 0. The average Bonchev–Trinajstić information content (AvgIpc) is 2.35. The Hall–Kier alpha value is -0.640. The second-order valence-electron chi connectivity index (χ2n) is 4.92. The summed E-state index contributed by atoms with van der Waals surface area (Å²) in [6.07, 6.45) is 4.91. The van der Waals surface area contributed by atoms with E-state index < -0.39 is 0 Å². The van der Waals surface area contributed by atoms with Gasteiger partial charge in [0.2, 0.25) is 0 Å². The molecule has 0 spiro atoms. The van der Waals surface area contributed by atoms with Crippen molar-refractivity contribution in [2.45, 2.75) is 44.2 Å². The van der Waals surface area contributed by atoms with Gasteiger partial charge in [-0.25, -0.2) is 4.39 Å². The predicted molar refractivity (Wildman–Crippen MR) is 71.3 cm³/mol. The van der Waals surface area contributed by atoms with Crippen molar-refractivity contribution in [2.75, 3.05) is 6.61 Å². The Morgan fingerprint density at radius 3 is 3.00 bits per heavy atom. The molecule has 0 saturated carbocycles. The lowest BCUT2D eigenvalue weighted by Crippen LogP contribution is -2.31.